The van der Waals surface area contributed by atoms with E-state index in [1.807, 2.05) is 24.3 Å². The maximum absolute atomic E-state index is 10.8. The highest BCUT2D eigenvalue weighted by atomic mass is 16.5. The van der Waals surface area contributed by atoms with E-state index in [0.717, 1.165) is 11.3 Å². The summed E-state index contributed by atoms with van der Waals surface area (Å²) in [6.45, 7) is 0.752. The average Bonchev–Trinajstić information content (AvgIpc) is 2.55. The predicted molar refractivity (Wildman–Crippen MR) is 80.1 cm³/mol. The Morgan fingerprint density at radius 3 is 2.64 bits per heavy atom. The Morgan fingerprint density at radius 1 is 1.27 bits per heavy atom. The van der Waals surface area contributed by atoms with Crippen LogP contribution in [0.15, 0.2) is 36.7 Å². The molecule has 0 saturated carbocycles. The Hall–Kier alpha value is -2.67. The van der Waals surface area contributed by atoms with Crippen molar-refractivity contribution in [2.75, 3.05) is 25.2 Å². The number of benzene rings is 1. The summed E-state index contributed by atoms with van der Waals surface area (Å²) in [6.07, 6.45) is 2.58. The highest BCUT2D eigenvalue weighted by molar-refractivity contribution is 5.84. The van der Waals surface area contributed by atoms with Gasteiger partial charge in [0.15, 0.2) is 5.69 Å². The third-order valence-electron chi connectivity index (χ3n) is 3.10. The van der Waals surface area contributed by atoms with E-state index in [2.05, 4.69) is 9.97 Å². The number of anilines is 1. The van der Waals surface area contributed by atoms with Gasteiger partial charge >= 0.3 is 5.97 Å². The molecule has 22 heavy (non-hydrogen) atoms. The number of aliphatic hydroxyl groups is 1. The average molecular weight is 303 g/mol. The van der Waals surface area contributed by atoms with E-state index in [-0.39, 0.29) is 12.3 Å². The van der Waals surface area contributed by atoms with E-state index in [4.69, 9.17) is 9.84 Å². The van der Waals surface area contributed by atoms with Crippen LogP contribution in [0.1, 0.15) is 16.1 Å². The first-order valence-electron chi connectivity index (χ1n) is 6.68. The number of carbonyl (C=O) groups is 1. The van der Waals surface area contributed by atoms with Crippen LogP contribution >= 0.6 is 0 Å². The fourth-order valence-electron chi connectivity index (χ4n) is 2.03. The number of methoxy groups -OCH3 is 1. The molecule has 1 aromatic heterocycles. The zero-order valence-corrected chi connectivity index (χ0v) is 12.1. The third-order valence-corrected chi connectivity index (χ3v) is 3.10. The summed E-state index contributed by atoms with van der Waals surface area (Å²) in [4.78, 5) is 20.6. The molecule has 2 rings (SSSR count). The molecular formula is C15H17N3O4. The Balaban J connectivity index is 2.24. The van der Waals surface area contributed by atoms with Crippen molar-refractivity contribution in [1.29, 1.82) is 0 Å². The lowest BCUT2D eigenvalue weighted by Gasteiger charge is -2.23. The minimum absolute atomic E-state index is 0.0580. The smallest absolute Gasteiger partial charge is 0.356 e. The number of carboxylic acid groups (broad SMARTS) is 1. The van der Waals surface area contributed by atoms with Crippen LogP contribution in [-0.4, -0.2) is 46.4 Å². The lowest BCUT2D eigenvalue weighted by molar-refractivity contribution is 0.0690. The molecular weight excluding hydrogens is 286 g/mol. The molecule has 0 bridgehead atoms. The lowest BCUT2D eigenvalue weighted by atomic mass is 10.2. The molecule has 2 N–H and O–H groups in total. The number of aromatic nitrogens is 2. The molecule has 2 aromatic rings. The third kappa shape index (κ3) is 3.70. The van der Waals surface area contributed by atoms with E-state index >= 15 is 0 Å². The van der Waals surface area contributed by atoms with Gasteiger partial charge < -0.3 is 19.8 Å². The van der Waals surface area contributed by atoms with E-state index in [0.29, 0.717) is 18.9 Å². The molecule has 0 aliphatic heterocycles. The minimum Gasteiger partial charge on any atom is -0.496 e. The van der Waals surface area contributed by atoms with Crippen molar-refractivity contribution in [3.8, 4) is 5.75 Å². The van der Waals surface area contributed by atoms with Crippen molar-refractivity contribution in [3.63, 3.8) is 0 Å². The molecule has 0 aliphatic carbocycles. The number of hydrogen-bond acceptors (Lipinski definition) is 6. The number of carboxylic acids is 1. The fraction of sp³-hybridized carbons (Fsp3) is 0.267. The van der Waals surface area contributed by atoms with Gasteiger partial charge in [-0.05, 0) is 6.07 Å². The second-order valence-corrected chi connectivity index (χ2v) is 4.52. The SMILES string of the molecule is COc1ccccc1CN(CCO)c1cnc(C(=O)O)cn1. The molecule has 0 spiro atoms. The number of aliphatic hydroxyl groups excluding tert-OH is 1. The zero-order valence-electron chi connectivity index (χ0n) is 12.1. The molecule has 7 heteroatoms. The highest BCUT2D eigenvalue weighted by Gasteiger charge is 2.13. The van der Waals surface area contributed by atoms with Crippen LogP contribution in [0.25, 0.3) is 0 Å². The Morgan fingerprint density at radius 2 is 2.05 bits per heavy atom. The molecule has 1 heterocycles. The monoisotopic (exact) mass is 303 g/mol. The van der Waals surface area contributed by atoms with E-state index in [9.17, 15) is 9.90 Å². The summed E-state index contributed by atoms with van der Waals surface area (Å²) in [5.74, 6) is 0.1000. The summed E-state index contributed by atoms with van der Waals surface area (Å²) in [5, 5.41) is 18.1. The number of nitrogens with zero attached hydrogens (tertiary/aromatic N) is 3. The first-order chi connectivity index (χ1) is 10.7. The van der Waals surface area contributed by atoms with Crippen LogP contribution in [-0.2, 0) is 6.54 Å². The first-order valence-corrected chi connectivity index (χ1v) is 6.68. The minimum atomic E-state index is -1.13. The topological polar surface area (TPSA) is 95.8 Å². The number of rotatable bonds is 7. The molecule has 116 valence electrons. The number of para-hydroxylation sites is 1. The number of aromatic carboxylic acids is 1. The van der Waals surface area contributed by atoms with Gasteiger partial charge in [-0.3, -0.25) is 0 Å². The van der Waals surface area contributed by atoms with E-state index < -0.39 is 5.97 Å². The molecule has 0 atom stereocenters. The van der Waals surface area contributed by atoms with Gasteiger partial charge in [0.25, 0.3) is 0 Å². The molecule has 0 radical (unpaired) electrons. The van der Waals surface area contributed by atoms with Crippen LogP contribution in [0.5, 0.6) is 5.75 Å². The maximum Gasteiger partial charge on any atom is 0.356 e. The summed E-state index contributed by atoms with van der Waals surface area (Å²) in [6, 6.07) is 7.54. The van der Waals surface area contributed by atoms with Gasteiger partial charge in [0.2, 0.25) is 0 Å². The highest BCUT2D eigenvalue weighted by Crippen LogP contribution is 2.21. The standard InChI is InChI=1S/C15H17N3O4/c1-22-13-5-3-2-4-11(13)10-18(6-7-19)14-9-16-12(8-17-14)15(20)21/h2-5,8-9,19H,6-7,10H2,1H3,(H,20,21). The molecule has 0 amide bonds. The number of hydrogen-bond donors (Lipinski definition) is 2. The lowest BCUT2D eigenvalue weighted by Crippen LogP contribution is -2.27. The Bertz CT molecular complexity index is 631. The van der Waals surface area contributed by atoms with Gasteiger partial charge in [-0.1, -0.05) is 18.2 Å². The second-order valence-electron chi connectivity index (χ2n) is 4.52. The predicted octanol–water partition coefficient (Wildman–Crippen LogP) is 1.18. The van der Waals surface area contributed by atoms with Crippen molar-refractivity contribution >= 4 is 11.8 Å². The van der Waals surface area contributed by atoms with Crippen molar-refractivity contribution < 1.29 is 19.7 Å². The maximum atomic E-state index is 10.8. The van der Waals surface area contributed by atoms with Crippen molar-refractivity contribution in [3.05, 3.63) is 47.9 Å². The number of ether oxygens (including phenoxy) is 1. The van der Waals surface area contributed by atoms with Crippen molar-refractivity contribution in [1.82, 2.24) is 9.97 Å². The van der Waals surface area contributed by atoms with Gasteiger partial charge in [0.1, 0.15) is 11.6 Å². The molecule has 0 fully saturated rings. The summed E-state index contributed by atoms with van der Waals surface area (Å²) < 4.78 is 5.31. The molecule has 0 saturated heterocycles. The van der Waals surface area contributed by atoms with Crippen LogP contribution in [0, 0.1) is 0 Å². The van der Waals surface area contributed by atoms with E-state index in [1.54, 1.807) is 12.0 Å². The fourth-order valence-corrected chi connectivity index (χ4v) is 2.03. The van der Waals surface area contributed by atoms with Crippen molar-refractivity contribution in [2.45, 2.75) is 6.54 Å². The van der Waals surface area contributed by atoms with Gasteiger partial charge in [-0.25, -0.2) is 14.8 Å². The Labute approximate surface area is 127 Å². The van der Waals surface area contributed by atoms with E-state index in [1.165, 1.54) is 12.4 Å². The van der Waals surface area contributed by atoms with Crippen LogP contribution < -0.4 is 9.64 Å². The van der Waals surface area contributed by atoms with Crippen LogP contribution in [0.3, 0.4) is 0 Å². The second kappa shape index (κ2) is 7.37. The van der Waals surface area contributed by atoms with Gasteiger partial charge in [-0.2, -0.15) is 0 Å². The van der Waals surface area contributed by atoms with Crippen molar-refractivity contribution in [2.24, 2.45) is 0 Å². The summed E-state index contributed by atoms with van der Waals surface area (Å²) >= 11 is 0. The summed E-state index contributed by atoms with van der Waals surface area (Å²) in [5.41, 5.74) is 0.813. The molecule has 0 aliphatic rings. The normalized spacial score (nSPS) is 10.3. The van der Waals surface area contributed by atoms with Gasteiger partial charge in [0, 0.05) is 18.7 Å². The largest absolute Gasteiger partial charge is 0.496 e. The first kappa shape index (κ1) is 15.7. The molecule has 7 nitrogen and oxygen atoms in total. The van der Waals surface area contributed by atoms with Crippen LogP contribution in [0.2, 0.25) is 0 Å². The zero-order chi connectivity index (χ0) is 15.9. The quantitative estimate of drug-likeness (QED) is 0.793. The Kier molecular flexibility index (Phi) is 5.26. The molecule has 0 unspecified atom stereocenters. The van der Waals surface area contributed by atoms with Crippen LogP contribution in [0.4, 0.5) is 5.82 Å². The van der Waals surface area contributed by atoms with Gasteiger partial charge in [0.05, 0.1) is 26.1 Å². The summed E-state index contributed by atoms with van der Waals surface area (Å²) in [7, 11) is 1.59. The van der Waals surface area contributed by atoms with Gasteiger partial charge in [-0.15, -0.1) is 0 Å². The molecule has 1 aromatic carbocycles.